The number of aryl methyl sites for hydroxylation is 1. The second-order valence-corrected chi connectivity index (χ2v) is 8.18. The fourth-order valence-electron chi connectivity index (χ4n) is 4.43. The standard InChI is InChI=1S/C23H29N3O4/c1-16-20(24-22(30-16)17-8-10-18(11-9-17)23(28)29-2)14-25-12-13-26(21(27)15-25)19-6-4-3-5-7-19/h8-11,19H,3-7,12-15H2,1-2H3. The Kier molecular flexibility index (Phi) is 6.18. The maximum Gasteiger partial charge on any atom is 0.337 e. The molecule has 2 aliphatic rings. The number of benzene rings is 1. The number of carbonyl (C=O) groups is 2. The second-order valence-electron chi connectivity index (χ2n) is 8.18. The second kappa shape index (κ2) is 9.00. The van der Waals surface area contributed by atoms with Crippen LogP contribution in [0.4, 0.5) is 0 Å². The fraction of sp³-hybridized carbons (Fsp3) is 0.522. The van der Waals surface area contributed by atoms with Crippen molar-refractivity contribution < 1.29 is 18.7 Å². The Labute approximate surface area is 177 Å². The third-order valence-electron chi connectivity index (χ3n) is 6.17. The van der Waals surface area contributed by atoms with E-state index in [1.54, 1.807) is 24.3 Å². The number of aromatic nitrogens is 1. The number of amides is 1. The summed E-state index contributed by atoms with van der Waals surface area (Å²) in [5.74, 6) is 1.13. The first kappa shape index (κ1) is 20.6. The van der Waals surface area contributed by atoms with Gasteiger partial charge in [0.05, 0.1) is 24.9 Å². The van der Waals surface area contributed by atoms with Gasteiger partial charge < -0.3 is 14.1 Å². The van der Waals surface area contributed by atoms with Crippen molar-refractivity contribution >= 4 is 11.9 Å². The van der Waals surface area contributed by atoms with Crippen LogP contribution in [0.2, 0.25) is 0 Å². The topological polar surface area (TPSA) is 75.9 Å². The minimum atomic E-state index is -0.372. The van der Waals surface area contributed by atoms with E-state index in [1.165, 1.54) is 26.4 Å². The number of ether oxygens (including phenoxy) is 1. The molecule has 0 atom stereocenters. The van der Waals surface area contributed by atoms with E-state index in [2.05, 4.69) is 14.8 Å². The molecule has 0 bridgehead atoms. The number of carbonyl (C=O) groups excluding carboxylic acids is 2. The van der Waals surface area contributed by atoms with Crippen molar-refractivity contribution in [3.05, 3.63) is 41.3 Å². The monoisotopic (exact) mass is 411 g/mol. The molecule has 1 saturated carbocycles. The summed E-state index contributed by atoms with van der Waals surface area (Å²) in [5, 5.41) is 0. The summed E-state index contributed by atoms with van der Waals surface area (Å²) in [6, 6.07) is 7.43. The Bertz CT molecular complexity index is 900. The molecule has 2 fully saturated rings. The Hall–Kier alpha value is -2.67. The van der Waals surface area contributed by atoms with E-state index in [9.17, 15) is 9.59 Å². The molecule has 1 aliphatic heterocycles. The van der Waals surface area contributed by atoms with Crippen LogP contribution in [0.5, 0.6) is 0 Å². The highest BCUT2D eigenvalue weighted by Crippen LogP contribution is 2.26. The van der Waals surface area contributed by atoms with Crippen LogP contribution in [0.25, 0.3) is 11.5 Å². The lowest BCUT2D eigenvalue weighted by Crippen LogP contribution is -2.54. The van der Waals surface area contributed by atoms with Gasteiger partial charge in [0.15, 0.2) is 0 Å². The van der Waals surface area contributed by atoms with Crippen LogP contribution in [0, 0.1) is 6.92 Å². The molecule has 0 spiro atoms. The Morgan fingerprint density at radius 3 is 2.57 bits per heavy atom. The number of esters is 1. The maximum atomic E-state index is 12.7. The van der Waals surface area contributed by atoms with Crippen molar-refractivity contribution in [2.24, 2.45) is 0 Å². The van der Waals surface area contributed by atoms with E-state index in [1.807, 2.05) is 6.92 Å². The zero-order valence-electron chi connectivity index (χ0n) is 17.7. The van der Waals surface area contributed by atoms with Gasteiger partial charge in [-0.25, -0.2) is 9.78 Å². The van der Waals surface area contributed by atoms with E-state index < -0.39 is 0 Å². The lowest BCUT2D eigenvalue weighted by molar-refractivity contribution is -0.139. The van der Waals surface area contributed by atoms with Crippen LogP contribution in [0.15, 0.2) is 28.7 Å². The molecule has 160 valence electrons. The third kappa shape index (κ3) is 4.41. The molecule has 7 nitrogen and oxygen atoms in total. The molecule has 1 amide bonds. The molecule has 2 aromatic rings. The summed E-state index contributed by atoms with van der Waals surface area (Å²) in [6.45, 7) is 4.58. The normalized spacial score (nSPS) is 18.6. The number of nitrogens with zero attached hydrogens (tertiary/aromatic N) is 3. The highest BCUT2D eigenvalue weighted by Gasteiger charge is 2.31. The van der Waals surface area contributed by atoms with Crippen LogP contribution < -0.4 is 0 Å². The highest BCUT2D eigenvalue weighted by molar-refractivity contribution is 5.89. The van der Waals surface area contributed by atoms with Gasteiger partial charge in [0.1, 0.15) is 5.76 Å². The smallest absolute Gasteiger partial charge is 0.337 e. The number of hydrogen-bond donors (Lipinski definition) is 0. The van der Waals surface area contributed by atoms with Crippen molar-refractivity contribution in [2.75, 3.05) is 26.7 Å². The molecule has 1 aromatic heterocycles. The van der Waals surface area contributed by atoms with Crippen molar-refractivity contribution in [1.29, 1.82) is 0 Å². The molecule has 1 aliphatic carbocycles. The molecular formula is C23H29N3O4. The van der Waals surface area contributed by atoms with Gasteiger partial charge in [0.2, 0.25) is 11.8 Å². The third-order valence-corrected chi connectivity index (χ3v) is 6.17. The van der Waals surface area contributed by atoms with Gasteiger partial charge in [0, 0.05) is 31.2 Å². The molecule has 30 heavy (non-hydrogen) atoms. The van der Waals surface area contributed by atoms with Gasteiger partial charge in [-0.2, -0.15) is 0 Å². The number of piperazine rings is 1. The molecular weight excluding hydrogens is 382 g/mol. The molecule has 4 rings (SSSR count). The molecule has 0 N–H and O–H groups in total. The van der Waals surface area contributed by atoms with Crippen LogP contribution in [-0.2, 0) is 16.1 Å². The van der Waals surface area contributed by atoms with Gasteiger partial charge in [-0.15, -0.1) is 0 Å². The van der Waals surface area contributed by atoms with Crippen LogP contribution in [-0.4, -0.2) is 59.4 Å². The molecule has 0 unspecified atom stereocenters. The fourth-order valence-corrected chi connectivity index (χ4v) is 4.43. The Morgan fingerprint density at radius 2 is 1.90 bits per heavy atom. The zero-order valence-corrected chi connectivity index (χ0v) is 17.7. The first-order valence-corrected chi connectivity index (χ1v) is 10.7. The molecule has 7 heteroatoms. The Balaban J connectivity index is 1.39. The van der Waals surface area contributed by atoms with Crippen LogP contribution >= 0.6 is 0 Å². The number of rotatable bonds is 5. The van der Waals surface area contributed by atoms with Crippen LogP contribution in [0.1, 0.15) is 53.9 Å². The van der Waals surface area contributed by atoms with Crippen molar-refractivity contribution in [3.63, 3.8) is 0 Å². The van der Waals surface area contributed by atoms with E-state index in [0.29, 0.717) is 30.6 Å². The summed E-state index contributed by atoms with van der Waals surface area (Å²) >= 11 is 0. The lowest BCUT2D eigenvalue weighted by atomic mass is 9.93. The maximum absolute atomic E-state index is 12.7. The average Bonchev–Trinajstić information content (AvgIpc) is 3.14. The highest BCUT2D eigenvalue weighted by atomic mass is 16.5. The largest absolute Gasteiger partial charge is 0.465 e. The predicted molar refractivity (Wildman–Crippen MR) is 112 cm³/mol. The molecule has 1 aromatic carbocycles. The van der Waals surface area contributed by atoms with Gasteiger partial charge in [-0.1, -0.05) is 19.3 Å². The summed E-state index contributed by atoms with van der Waals surface area (Å²) in [5.41, 5.74) is 2.13. The quantitative estimate of drug-likeness (QED) is 0.702. The van der Waals surface area contributed by atoms with Crippen molar-refractivity contribution in [2.45, 2.75) is 51.6 Å². The van der Waals surface area contributed by atoms with E-state index >= 15 is 0 Å². The molecule has 0 radical (unpaired) electrons. The predicted octanol–water partition coefficient (Wildman–Crippen LogP) is 3.41. The minimum Gasteiger partial charge on any atom is -0.465 e. The number of hydrogen-bond acceptors (Lipinski definition) is 6. The van der Waals surface area contributed by atoms with E-state index in [4.69, 9.17) is 9.15 Å². The SMILES string of the molecule is COC(=O)c1ccc(-c2nc(CN3CCN(C4CCCCC4)C(=O)C3)c(C)o2)cc1. The average molecular weight is 412 g/mol. The summed E-state index contributed by atoms with van der Waals surface area (Å²) in [7, 11) is 1.36. The van der Waals surface area contributed by atoms with E-state index in [-0.39, 0.29) is 11.9 Å². The molecule has 1 saturated heterocycles. The van der Waals surface area contributed by atoms with Gasteiger partial charge in [-0.05, 0) is 44.0 Å². The summed E-state index contributed by atoms with van der Waals surface area (Å²) in [6.07, 6.45) is 6.06. The lowest BCUT2D eigenvalue weighted by Gasteiger charge is -2.40. The Morgan fingerprint density at radius 1 is 1.17 bits per heavy atom. The zero-order chi connectivity index (χ0) is 21.1. The van der Waals surface area contributed by atoms with Crippen molar-refractivity contribution in [1.82, 2.24) is 14.8 Å². The summed E-state index contributed by atoms with van der Waals surface area (Å²) in [4.78, 5) is 33.2. The van der Waals surface area contributed by atoms with Gasteiger partial charge >= 0.3 is 5.97 Å². The van der Waals surface area contributed by atoms with Gasteiger partial charge in [0.25, 0.3) is 0 Å². The van der Waals surface area contributed by atoms with Gasteiger partial charge in [-0.3, -0.25) is 9.69 Å². The van der Waals surface area contributed by atoms with Crippen molar-refractivity contribution in [3.8, 4) is 11.5 Å². The minimum absolute atomic E-state index is 0.230. The number of methoxy groups -OCH3 is 1. The first-order valence-electron chi connectivity index (χ1n) is 10.7. The summed E-state index contributed by atoms with van der Waals surface area (Å²) < 4.78 is 10.6. The first-order chi connectivity index (χ1) is 14.5. The number of oxazole rings is 1. The van der Waals surface area contributed by atoms with E-state index in [0.717, 1.165) is 42.9 Å². The van der Waals surface area contributed by atoms with Crippen LogP contribution in [0.3, 0.4) is 0 Å². The molecule has 2 heterocycles.